The molecule has 13 nitrogen and oxygen atoms in total. The predicted molar refractivity (Wildman–Crippen MR) is 117 cm³/mol. The lowest BCUT2D eigenvalue weighted by Crippen LogP contribution is -2.41. The smallest absolute Gasteiger partial charge is 0.326 e. The van der Waals surface area contributed by atoms with Crippen molar-refractivity contribution >= 4 is 40.6 Å². The van der Waals surface area contributed by atoms with Gasteiger partial charge in [-0.05, 0) is 37.6 Å². The first-order valence-electron chi connectivity index (χ1n) is 9.78. The van der Waals surface area contributed by atoms with Crippen molar-refractivity contribution in [2.24, 2.45) is 0 Å². The van der Waals surface area contributed by atoms with Crippen LogP contribution in [0.3, 0.4) is 0 Å². The number of carbonyl (C=O) groups is 3. The lowest BCUT2D eigenvalue weighted by molar-refractivity contribution is -0.140. The summed E-state index contributed by atoms with van der Waals surface area (Å²) in [5.41, 5.74) is 6.49. The summed E-state index contributed by atoms with van der Waals surface area (Å²) >= 11 is 0. The van der Waals surface area contributed by atoms with Crippen LogP contribution in [0.4, 0.5) is 11.6 Å². The van der Waals surface area contributed by atoms with Gasteiger partial charge < -0.3 is 26.6 Å². The second-order valence-electron chi connectivity index (χ2n) is 7.16. The number of carboxylic acids is 2. The number of carboxylic acid groups (broad SMARTS) is 2. The van der Waals surface area contributed by atoms with Crippen molar-refractivity contribution in [2.45, 2.75) is 31.8 Å². The molecule has 0 fully saturated rings. The summed E-state index contributed by atoms with van der Waals surface area (Å²) in [5, 5.41) is 23.4. The van der Waals surface area contributed by atoms with E-state index in [0.29, 0.717) is 11.4 Å². The minimum atomic E-state index is -1.31. The zero-order chi connectivity index (χ0) is 24.1. The van der Waals surface area contributed by atoms with Gasteiger partial charge in [0.15, 0.2) is 11.2 Å². The Labute approximate surface area is 186 Å². The maximum atomic E-state index is 12.3. The van der Waals surface area contributed by atoms with Crippen LogP contribution in [0.2, 0.25) is 0 Å². The molecule has 0 aliphatic carbocycles. The molecule has 0 saturated carbocycles. The zero-order valence-corrected chi connectivity index (χ0v) is 17.4. The van der Waals surface area contributed by atoms with Gasteiger partial charge in [-0.1, -0.05) is 0 Å². The summed E-state index contributed by atoms with van der Waals surface area (Å²) in [7, 11) is 0. The Morgan fingerprint density at radius 2 is 1.85 bits per heavy atom. The average molecular weight is 455 g/mol. The number of rotatable bonds is 9. The van der Waals surface area contributed by atoms with Gasteiger partial charge in [0, 0.05) is 17.7 Å². The molecule has 1 aromatic carbocycles. The Morgan fingerprint density at radius 1 is 1.15 bits per heavy atom. The Balaban J connectivity index is 1.68. The van der Waals surface area contributed by atoms with Crippen LogP contribution < -0.4 is 21.9 Å². The third kappa shape index (κ3) is 5.78. The molecule has 1 amide bonds. The van der Waals surface area contributed by atoms with Crippen molar-refractivity contribution in [3.8, 4) is 0 Å². The molecule has 2 heterocycles. The third-order valence-corrected chi connectivity index (χ3v) is 4.68. The highest BCUT2D eigenvalue weighted by molar-refractivity contribution is 5.97. The number of anilines is 2. The number of nitrogen functional groups attached to an aromatic ring is 1. The fourth-order valence-corrected chi connectivity index (χ4v) is 2.97. The number of benzene rings is 1. The fourth-order valence-electron chi connectivity index (χ4n) is 2.97. The zero-order valence-electron chi connectivity index (χ0n) is 17.4. The number of nitrogens with one attached hydrogen (secondary N) is 3. The van der Waals surface area contributed by atoms with Gasteiger partial charge in [0.25, 0.3) is 11.5 Å². The van der Waals surface area contributed by atoms with Crippen LogP contribution in [0.1, 0.15) is 41.9 Å². The number of hydrogen-bond acceptors (Lipinski definition) is 9. The lowest BCUT2D eigenvalue weighted by Gasteiger charge is -2.16. The van der Waals surface area contributed by atoms with Crippen LogP contribution in [0.5, 0.6) is 0 Å². The molecule has 3 aromatic rings. The van der Waals surface area contributed by atoms with Crippen LogP contribution >= 0.6 is 0 Å². The molecule has 0 radical (unpaired) electrons. The van der Waals surface area contributed by atoms with Crippen molar-refractivity contribution in [3.05, 3.63) is 52.1 Å². The summed E-state index contributed by atoms with van der Waals surface area (Å²) < 4.78 is 0. The van der Waals surface area contributed by atoms with Gasteiger partial charge in [0.2, 0.25) is 5.95 Å². The molecule has 7 N–H and O–H groups in total. The molecule has 0 aliphatic rings. The number of aliphatic carboxylic acids is 2. The second-order valence-corrected chi connectivity index (χ2v) is 7.16. The number of aromatic nitrogens is 4. The van der Waals surface area contributed by atoms with E-state index >= 15 is 0 Å². The van der Waals surface area contributed by atoms with E-state index in [2.05, 4.69) is 30.6 Å². The summed E-state index contributed by atoms with van der Waals surface area (Å²) in [6.07, 6.45) is 0.854. The third-order valence-electron chi connectivity index (χ3n) is 4.68. The number of carbonyl (C=O) groups excluding carboxylic acids is 1. The van der Waals surface area contributed by atoms with Gasteiger partial charge in [-0.25, -0.2) is 14.8 Å². The minimum absolute atomic E-state index is 0.0539. The first kappa shape index (κ1) is 23.1. The maximum absolute atomic E-state index is 12.3. The number of nitrogens with zero attached hydrogens (tertiary/aromatic N) is 3. The van der Waals surface area contributed by atoms with Crippen molar-refractivity contribution in [1.82, 2.24) is 25.3 Å². The van der Waals surface area contributed by atoms with E-state index in [9.17, 15) is 19.2 Å². The van der Waals surface area contributed by atoms with Crippen molar-refractivity contribution < 1.29 is 24.6 Å². The molecule has 0 spiro atoms. The van der Waals surface area contributed by atoms with E-state index in [1.807, 2.05) is 0 Å². The number of hydrogen-bond donors (Lipinski definition) is 6. The van der Waals surface area contributed by atoms with Crippen LogP contribution in [0.15, 0.2) is 35.3 Å². The topological polar surface area (TPSA) is 213 Å². The van der Waals surface area contributed by atoms with E-state index in [1.165, 1.54) is 18.3 Å². The number of fused-ring (bicyclic) bond motifs is 1. The van der Waals surface area contributed by atoms with E-state index in [4.69, 9.17) is 15.9 Å². The van der Waals surface area contributed by atoms with Gasteiger partial charge >= 0.3 is 11.9 Å². The van der Waals surface area contributed by atoms with Gasteiger partial charge in [-0.15, -0.1) is 0 Å². The quantitative estimate of drug-likeness (QED) is 0.261. The van der Waals surface area contributed by atoms with Gasteiger partial charge in [-0.2, -0.15) is 4.98 Å². The van der Waals surface area contributed by atoms with Gasteiger partial charge in [0.1, 0.15) is 6.04 Å². The molecular weight excluding hydrogens is 434 g/mol. The Morgan fingerprint density at radius 3 is 2.48 bits per heavy atom. The molecule has 2 aromatic heterocycles. The molecule has 0 unspecified atom stereocenters. The molecule has 0 bridgehead atoms. The van der Waals surface area contributed by atoms with Gasteiger partial charge in [0.05, 0.1) is 17.9 Å². The van der Waals surface area contributed by atoms with Crippen LogP contribution in [0, 0.1) is 0 Å². The molecule has 33 heavy (non-hydrogen) atoms. The monoisotopic (exact) mass is 455 g/mol. The molecule has 0 aliphatic heterocycles. The summed E-state index contributed by atoms with van der Waals surface area (Å²) in [5.74, 6) is -3.16. The minimum Gasteiger partial charge on any atom is -0.481 e. The van der Waals surface area contributed by atoms with Crippen LogP contribution in [-0.2, 0) is 9.59 Å². The number of amides is 1. The molecular formula is C20H21N7O6. The molecule has 13 heteroatoms. The Bertz CT molecular complexity index is 1260. The van der Waals surface area contributed by atoms with E-state index in [-0.39, 0.29) is 41.6 Å². The summed E-state index contributed by atoms with van der Waals surface area (Å²) in [4.78, 5) is 61.0. The van der Waals surface area contributed by atoms with Crippen molar-refractivity contribution in [1.29, 1.82) is 0 Å². The maximum Gasteiger partial charge on any atom is 0.326 e. The largest absolute Gasteiger partial charge is 0.481 e. The van der Waals surface area contributed by atoms with Crippen molar-refractivity contribution in [2.75, 3.05) is 11.1 Å². The van der Waals surface area contributed by atoms with Crippen LogP contribution in [-0.4, -0.2) is 54.0 Å². The molecule has 172 valence electrons. The SMILES string of the molecule is C[C@H](Nc1ccc(C(=O)N[C@H](CCC(=O)O)C(=O)O)cc1)c1cnc2nc(N)[nH]c(=O)c2n1. The summed E-state index contributed by atoms with van der Waals surface area (Å²) in [6.45, 7) is 1.80. The van der Waals surface area contributed by atoms with E-state index < -0.39 is 29.4 Å². The molecule has 2 atom stereocenters. The Kier molecular flexibility index (Phi) is 6.81. The number of H-pyrrole nitrogens is 1. The van der Waals surface area contributed by atoms with E-state index in [0.717, 1.165) is 0 Å². The summed E-state index contributed by atoms with van der Waals surface area (Å²) in [6, 6.07) is 4.54. The predicted octanol–water partition coefficient (Wildman–Crippen LogP) is 0.516. The molecule has 3 rings (SSSR count). The number of aromatic amines is 1. The second kappa shape index (κ2) is 9.72. The van der Waals surface area contributed by atoms with Crippen molar-refractivity contribution in [3.63, 3.8) is 0 Å². The highest BCUT2D eigenvalue weighted by Crippen LogP contribution is 2.19. The van der Waals surface area contributed by atoms with E-state index in [1.54, 1.807) is 19.1 Å². The average Bonchev–Trinajstić information content (AvgIpc) is 2.76. The highest BCUT2D eigenvalue weighted by atomic mass is 16.4. The highest BCUT2D eigenvalue weighted by Gasteiger charge is 2.21. The first-order valence-corrected chi connectivity index (χ1v) is 9.78. The van der Waals surface area contributed by atoms with Crippen LogP contribution in [0.25, 0.3) is 11.2 Å². The first-order chi connectivity index (χ1) is 15.6. The fraction of sp³-hybridized carbons (Fsp3) is 0.250. The standard InChI is InChI=1S/C20H21N7O6/c1-9(13-8-22-16-15(24-13)18(31)27-20(21)26-16)23-11-4-2-10(3-5-11)17(30)25-12(19(32)33)6-7-14(28)29/h2-5,8-9,12,23H,6-7H2,1H3,(H,25,30)(H,28,29)(H,32,33)(H3,21,22,26,27,31)/t9-,12+/m0/s1. The lowest BCUT2D eigenvalue weighted by atomic mass is 10.1. The Hall–Kier alpha value is -4.55. The number of nitrogens with two attached hydrogens (primary N) is 1. The molecule has 0 saturated heterocycles. The normalized spacial score (nSPS) is 12.6. The van der Waals surface area contributed by atoms with Gasteiger partial charge in [-0.3, -0.25) is 19.4 Å².